The zero-order valence-corrected chi connectivity index (χ0v) is 12.4. The van der Waals surface area contributed by atoms with Crippen molar-refractivity contribution in [1.82, 2.24) is 9.62 Å². The number of benzene rings is 1. The Kier molecular flexibility index (Phi) is 4.24. The van der Waals surface area contributed by atoms with Crippen LogP contribution in [-0.2, 0) is 14.8 Å². The summed E-state index contributed by atoms with van der Waals surface area (Å²) in [6.07, 6.45) is 0. The fourth-order valence-corrected chi connectivity index (χ4v) is 3.82. The van der Waals surface area contributed by atoms with Gasteiger partial charge in [-0.15, -0.1) is 0 Å². The van der Waals surface area contributed by atoms with Gasteiger partial charge in [-0.25, -0.2) is 8.42 Å². The van der Waals surface area contributed by atoms with Crippen LogP contribution in [0.3, 0.4) is 0 Å². The van der Waals surface area contributed by atoms with E-state index in [1.807, 2.05) is 0 Å². The van der Waals surface area contributed by atoms with Crippen molar-refractivity contribution in [3.8, 4) is 0 Å². The molecule has 1 fully saturated rings. The monoisotopic (exact) mass is 347 g/mol. The van der Waals surface area contributed by atoms with Crippen LogP contribution < -0.4 is 11.1 Å². The number of primary amides is 1. The zero-order chi connectivity index (χ0) is 14.0. The van der Waals surface area contributed by atoms with E-state index in [4.69, 9.17) is 5.73 Å². The second-order valence-corrected chi connectivity index (χ2v) is 7.00. The topological polar surface area (TPSA) is 92.5 Å². The van der Waals surface area contributed by atoms with Crippen LogP contribution in [0.5, 0.6) is 0 Å². The van der Waals surface area contributed by atoms with Crippen LogP contribution >= 0.6 is 15.9 Å². The lowest BCUT2D eigenvalue weighted by Gasteiger charge is -2.33. The SMILES string of the molecule is NC(=O)C1CNCCN1S(=O)(=O)c1ccc(Br)cc1. The van der Waals surface area contributed by atoms with Crippen molar-refractivity contribution >= 4 is 31.9 Å². The maximum atomic E-state index is 12.5. The summed E-state index contributed by atoms with van der Waals surface area (Å²) in [7, 11) is -3.70. The van der Waals surface area contributed by atoms with Gasteiger partial charge in [0.2, 0.25) is 15.9 Å². The van der Waals surface area contributed by atoms with Gasteiger partial charge in [0, 0.05) is 24.1 Å². The highest BCUT2D eigenvalue weighted by atomic mass is 79.9. The van der Waals surface area contributed by atoms with Crippen LogP contribution in [0, 0.1) is 0 Å². The molecule has 1 heterocycles. The summed E-state index contributed by atoms with van der Waals surface area (Å²) < 4.78 is 26.9. The van der Waals surface area contributed by atoms with Crippen molar-refractivity contribution in [2.24, 2.45) is 5.73 Å². The van der Waals surface area contributed by atoms with Gasteiger partial charge >= 0.3 is 0 Å². The third-order valence-electron chi connectivity index (χ3n) is 2.94. The van der Waals surface area contributed by atoms with Crippen LogP contribution in [0.25, 0.3) is 0 Å². The standard InChI is InChI=1S/C11H14BrN3O3S/c12-8-1-3-9(4-2-8)19(17,18)15-6-5-14-7-10(15)11(13)16/h1-4,10,14H,5-7H2,(H2,13,16). The lowest BCUT2D eigenvalue weighted by atomic mass is 10.2. The van der Waals surface area contributed by atoms with E-state index < -0.39 is 22.0 Å². The Morgan fingerprint density at radius 1 is 1.37 bits per heavy atom. The molecule has 1 amide bonds. The minimum absolute atomic E-state index is 0.156. The molecule has 3 N–H and O–H groups in total. The molecule has 1 saturated heterocycles. The van der Waals surface area contributed by atoms with Crippen LogP contribution in [0.2, 0.25) is 0 Å². The van der Waals surface area contributed by atoms with Crippen molar-refractivity contribution in [2.45, 2.75) is 10.9 Å². The predicted molar refractivity (Wildman–Crippen MR) is 73.9 cm³/mol. The first kappa shape index (κ1) is 14.4. The number of carbonyl (C=O) groups is 1. The summed E-state index contributed by atoms with van der Waals surface area (Å²) in [5, 5.41) is 2.96. The maximum absolute atomic E-state index is 12.5. The first-order chi connectivity index (χ1) is 8.93. The average molecular weight is 348 g/mol. The number of piperazine rings is 1. The fourth-order valence-electron chi connectivity index (χ4n) is 1.96. The molecule has 0 aromatic heterocycles. The van der Waals surface area contributed by atoms with Crippen molar-refractivity contribution in [1.29, 1.82) is 0 Å². The van der Waals surface area contributed by atoms with Crippen molar-refractivity contribution in [3.63, 3.8) is 0 Å². The predicted octanol–water partition coefficient (Wildman–Crippen LogP) is -0.103. The number of hydrogen-bond donors (Lipinski definition) is 2. The number of rotatable bonds is 3. The Morgan fingerprint density at radius 3 is 2.58 bits per heavy atom. The molecule has 104 valence electrons. The number of nitrogens with one attached hydrogen (secondary N) is 1. The molecule has 8 heteroatoms. The molecule has 1 aromatic carbocycles. The number of halogens is 1. The summed E-state index contributed by atoms with van der Waals surface area (Å²) in [5.74, 6) is -0.645. The van der Waals surface area contributed by atoms with Crippen molar-refractivity contribution < 1.29 is 13.2 Å². The summed E-state index contributed by atoms with van der Waals surface area (Å²) in [4.78, 5) is 11.5. The van der Waals surface area contributed by atoms with Gasteiger partial charge < -0.3 is 11.1 Å². The lowest BCUT2D eigenvalue weighted by Crippen LogP contribution is -2.58. The van der Waals surface area contributed by atoms with Gasteiger partial charge in [-0.1, -0.05) is 15.9 Å². The van der Waals surface area contributed by atoms with Gasteiger partial charge in [0.1, 0.15) is 6.04 Å². The molecular weight excluding hydrogens is 334 g/mol. The summed E-state index contributed by atoms with van der Waals surface area (Å²) in [6.45, 7) is 0.969. The minimum Gasteiger partial charge on any atom is -0.368 e. The second-order valence-electron chi connectivity index (χ2n) is 4.19. The van der Waals surface area contributed by atoms with Crippen molar-refractivity contribution in [3.05, 3.63) is 28.7 Å². The minimum atomic E-state index is -3.70. The molecule has 1 aliphatic heterocycles. The summed E-state index contributed by atoms with van der Waals surface area (Å²) in [6, 6.07) is 5.45. The van der Waals surface area contributed by atoms with Crippen LogP contribution in [0.15, 0.2) is 33.6 Å². The second kappa shape index (κ2) is 5.58. The highest BCUT2D eigenvalue weighted by Gasteiger charge is 2.36. The van der Waals surface area contributed by atoms with Crippen LogP contribution in [0.1, 0.15) is 0 Å². The molecule has 1 aliphatic rings. The van der Waals surface area contributed by atoms with Crippen LogP contribution in [-0.4, -0.2) is 44.3 Å². The summed E-state index contributed by atoms with van der Waals surface area (Å²) >= 11 is 3.25. The van der Waals surface area contributed by atoms with Crippen LogP contribution in [0.4, 0.5) is 0 Å². The number of carbonyl (C=O) groups excluding carboxylic acids is 1. The molecule has 1 aromatic rings. The third-order valence-corrected chi connectivity index (χ3v) is 5.39. The van der Waals surface area contributed by atoms with Gasteiger partial charge in [0.15, 0.2) is 0 Å². The molecule has 0 radical (unpaired) electrons. The quantitative estimate of drug-likeness (QED) is 0.798. The van der Waals surface area contributed by atoms with E-state index in [2.05, 4.69) is 21.2 Å². The van der Waals surface area contributed by atoms with E-state index in [9.17, 15) is 13.2 Å². The van der Waals surface area contributed by atoms with E-state index in [1.165, 1.54) is 12.1 Å². The van der Waals surface area contributed by atoms with E-state index >= 15 is 0 Å². The average Bonchev–Trinajstić information content (AvgIpc) is 2.39. The fraction of sp³-hybridized carbons (Fsp3) is 0.364. The highest BCUT2D eigenvalue weighted by molar-refractivity contribution is 9.10. The molecule has 2 rings (SSSR count). The van der Waals surface area contributed by atoms with E-state index in [0.717, 1.165) is 8.78 Å². The highest BCUT2D eigenvalue weighted by Crippen LogP contribution is 2.21. The smallest absolute Gasteiger partial charge is 0.243 e. The van der Waals surface area contributed by atoms with E-state index in [0.29, 0.717) is 6.54 Å². The Morgan fingerprint density at radius 2 is 2.00 bits per heavy atom. The molecule has 0 aliphatic carbocycles. The molecular formula is C11H14BrN3O3S. The largest absolute Gasteiger partial charge is 0.368 e. The normalized spacial score (nSPS) is 21.2. The number of amides is 1. The van der Waals surface area contributed by atoms with Crippen molar-refractivity contribution in [2.75, 3.05) is 19.6 Å². The third kappa shape index (κ3) is 2.97. The summed E-state index contributed by atoms with van der Waals surface area (Å²) in [5.41, 5.74) is 5.26. The molecule has 1 atom stereocenters. The Labute approximate surface area is 120 Å². The molecule has 1 unspecified atom stereocenters. The number of sulfonamides is 1. The molecule has 0 spiro atoms. The van der Waals surface area contributed by atoms with Gasteiger partial charge in [-0.2, -0.15) is 4.31 Å². The van der Waals surface area contributed by atoms with E-state index in [-0.39, 0.29) is 18.0 Å². The first-order valence-corrected chi connectivity index (χ1v) is 7.93. The van der Waals surface area contributed by atoms with Gasteiger partial charge in [-0.05, 0) is 24.3 Å². The molecule has 0 bridgehead atoms. The zero-order valence-electron chi connectivity index (χ0n) is 10.0. The van der Waals surface area contributed by atoms with E-state index in [1.54, 1.807) is 12.1 Å². The first-order valence-electron chi connectivity index (χ1n) is 5.70. The molecule has 6 nitrogen and oxygen atoms in total. The van der Waals surface area contributed by atoms with Gasteiger partial charge in [0.25, 0.3) is 0 Å². The number of nitrogens with zero attached hydrogens (tertiary/aromatic N) is 1. The Balaban J connectivity index is 2.37. The number of nitrogens with two attached hydrogens (primary N) is 1. The Hall–Kier alpha value is -0.960. The number of hydrogen-bond acceptors (Lipinski definition) is 4. The molecule has 19 heavy (non-hydrogen) atoms. The maximum Gasteiger partial charge on any atom is 0.243 e. The van der Waals surface area contributed by atoms with Gasteiger partial charge in [-0.3, -0.25) is 4.79 Å². The lowest BCUT2D eigenvalue weighted by molar-refractivity contribution is -0.122. The molecule has 0 saturated carbocycles. The van der Waals surface area contributed by atoms with Gasteiger partial charge in [0.05, 0.1) is 4.90 Å². The Bertz CT molecular complexity index is 573.